The summed E-state index contributed by atoms with van der Waals surface area (Å²) >= 11 is 19.3. The number of nitrogens with one attached hydrogen (secondary N) is 1. The second kappa shape index (κ2) is 7.54. The molecule has 0 aliphatic rings. The summed E-state index contributed by atoms with van der Waals surface area (Å²) in [7, 11) is 0. The van der Waals surface area contributed by atoms with Gasteiger partial charge in [-0.3, -0.25) is 4.79 Å². The summed E-state index contributed by atoms with van der Waals surface area (Å²) in [6.45, 7) is 0. The van der Waals surface area contributed by atoms with Crippen LogP contribution in [0, 0.1) is 0 Å². The van der Waals surface area contributed by atoms with Gasteiger partial charge in [-0.25, -0.2) is 0 Å². The van der Waals surface area contributed by atoms with Crippen molar-refractivity contribution in [3.8, 4) is 17.2 Å². The van der Waals surface area contributed by atoms with Crippen LogP contribution in [-0.2, 0) is 0 Å². The van der Waals surface area contributed by atoms with Crippen LogP contribution in [0.15, 0.2) is 47.8 Å². The minimum Gasteiger partial charge on any atom is -0.504 e. The number of halogens is 3. The molecule has 0 saturated heterocycles. The normalized spacial score (nSPS) is 10.5. The average Bonchev–Trinajstić information content (AvgIpc) is 3.08. The van der Waals surface area contributed by atoms with E-state index in [1.807, 2.05) is 0 Å². The number of amides is 1. The zero-order valence-electron chi connectivity index (χ0n) is 12.4. The molecular formula is C17H10Cl3NO3S. The Kier molecular flexibility index (Phi) is 5.39. The third-order valence-electron chi connectivity index (χ3n) is 3.16. The molecule has 0 spiro atoms. The maximum Gasteiger partial charge on any atom is 0.265 e. The summed E-state index contributed by atoms with van der Waals surface area (Å²) in [4.78, 5) is 12.7. The molecule has 2 N–H and O–H groups in total. The topological polar surface area (TPSA) is 58.6 Å². The number of carbonyl (C=O) groups is 1. The number of hydrogen-bond acceptors (Lipinski definition) is 4. The molecule has 0 aliphatic carbocycles. The predicted octanol–water partition coefficient (Wildman–Crippen LogP) is 6.46. The summed E-state index contributed by atoms with van der Waals surface area (Å²) in [5.74, 6) is -0.0995. The fourth-order valence-corrected chi connectivity index (χ4v) is 3.26. The first-order valence-corrected chi connectivity index (χ1v) is 8.95. The van der Waals surface area contributed by atoms with E-state index in [1.54, 1.807) is 29.6 Å². The van der Waals surface area contributed by atoms with Gasteiger partial charge in [-0.1, -0.05) is 40.9 Å². The predicted molar refractivity (Wildman–Crippen MR) is 102 cm³/mol. The van der Waals surface area contributed by atoms with E-state index >= 15 is 0 Å². The van der Waals surface area contributed by atoms with Crippen molar-refractivity contribution in [2.75, 3.05) is 5.32 Å². The van der Waals surface area contributed by atoms with Gasteiger partial charge in [-0.15, -0.1) is 11.3 Å². The van der Waals surface area contributed by atoms with E-state index in [0.29, 0.717) is 21.3 Å². The Balaban J connectivity index is 1.88. The van der Waals surface area contributed by atoms with Crippen LogP contribution in [0.4, 0.5) is 5.69 Å². The number of phenols is 1. The highest BCUT2D eigenvalue weighted by Gasteiger charge is 2.15. The van der Waals surface area contributed by atoms with Crippen LogP contribution < -0.4 is 10.1 Å². The molecule has 0 atom stereocenters. The third-order valence-corrected chi connectivity index (χ3v) is 4.87. The van der Waals surface area contributed by atoms with Crippen molar-refractivity contribution >= 4 is 57.7 Å². The van der Waals surface area contributed by atoms with Crippen molar-refractivity contribution in [1.82, 2.24) is 0 Å². The molecule has 0 aliphatic heterocycles. The number of aromatic hydroxyl groups is 1. The molecule has 1 aromatic heterocycles. The zero-order chi connectivity index (χ0) is 18.0. The van der Waals surface area contributed by atoms with Crippen LogP contribution in [0.3, 0.4) is 0 Å². The molecular weight excluding hydrogens is 405 g/mol. The Labute approximate surface area is 162 Å². The number of anilines is 1. The van der Waals surface area contributed by atoms with E-state index in [1.165, 1.54) is 29.5 Å². The fourth-order valence-electron chi connectivity index (χ4n) is 1.99. The smallest absolute Gasteiger partial charge is 0.265 e. The van der Waals surface area contributed by atoms with Gasteiger partial charge in [0.2, 0.25) is 0 Å². The molecule has 1 amide bonds. The van der Waals surface area contributed by atoms with Gasteiger partial charge in [0.25, 0.3) is 5.91 Å². The fraction of sp³-hybridized carbons (Fsp3) is 0. The number of thiophene rings is 1. The standard InChI is InChI=1S/C17H10Cl3NO3S/c18-9-3-4-14(11(20)6-9)24-15-8-12(10(19)7-13(15)22)21-17(23)16-2-1-5-25-16/h1-8,22H,(H,21,23). The maximum absolute atomic E-state index is 12.2. The molecule has 4 nitrogen and oxygen atoms in total. The summed E-state index contributed by atoms with van der Waals surface area (Å²) in [6.07, 6.45) is 0. The number of benzene rings is 2. The van der Waals surface area contributed by atoms with Gasteiger partial charge in [0.05, 0.1) is 20.6 Å². The van der Waals surface area contributed by atoms with Gasteiger partial charge in [0.15, 0.2) is 11.5 Å². The van der Waals surface area contributed by atoms with E-state index in [4.69, 9.17) is 39.5 Å². The number of phenolic OH excluding ortho intramolecular Hbond substituents is 1. The zero-order valence-corrected chi connectivity index (χ0v) is 15.5. The van der Waals surface area contributed by atoms with Crippen LogP contribution >= 0.6 is 46.1 Å². The molecule has 1 heterocycles. The second-order valence-electron chi connectivity index (χ2n) is 4.91. The minimum absolute atomic E-state index is 0.0927. The van der Waals surface area contributed by atoms with Gasteiger partial charge < -0.3 is 15.2 Å². The molecule has 0 radical (unpaired) electrons. The molecule has 3 rings (SSSR count). The van der Waals surface area contributed by atoms with Crippen LogP contribution in [0.2, 0.25) is 15.1 Å². The van der Waals surface area contributed by atoms with Gasteiger partial charge in [-0.05, 0) is 29.6 Å². The lowest BCUT2D eigenvalue weighted by Crippen LogP contribution is -2.10. The highest BCUT2D eigenvalue weighted by molar-refractivity contribution is 7.12. The van der Waals surface area contributed by atoms with Crippen molar-refractivity contribution < 1.29 is 14.6 Å². The summed E-state index contributed by atoms with van der Waals surface area (Å²) < 4.78 is 5.61. The Morgan fingerprint density at radius 1 is 1.04 bits per heavy atom. The summed E-state index contributed by atoms with van der Waals surface area (Å²) in [5.41, 5.74) is 0.304. The first-order valence-electron chi connectivity index (χ1n) is 6.94. The van der Waals surface area contributed by atoms with E-state index in [0.717, 1.165) is 0 Å². The van der Waals surface area contributed by atoms with Gasteiger partial charge in [-0.2, -0.15) is 0 Å². The Bertz CT molecular complexity index is 929. The van der Waals surface area contributed by atoms with Crippen molar-refractivity contribution in [1.29, 1.82) is 0 Å². The highest BCUT2D eigenvalue weighted by Crippen LogP contribution is 2.40. The molecule has 0 saturated carbocycles. The first kappa shape index (κ1) is 17.9. The van der Waals surface area contributed by atoms with E-state index in [-0.39, 0.29) is 27.5 Å². The van der Waals surface area contributed by atoms with Crippen molar-refractivity contribution in [3.05, 3.63) is 67.8 Å². The SMILES string of the molecule is O=C(Nc1cc(Oc2ccc(Cl)cc2Cl)c(O)cc1Cl)c1cccs1. The van der Waals surface area contributed by atoms with Gasteiger partial charge in [0, 0.05) is 17.2 Å². The summed E-state index contributed by atoms with van der Waals surface area (Å²) in [5, 5.41) is 15.5. The minimum atomic E-state index is -0.307. The first-order chi connectivity index (χ1) is 11.9. The van der Waals surface area contributed by atoms with Gasteiger partial charge in [0.1, 0.15) is 5.75 Å². The van der Waals surface area contributed by atoms with Crippen LogP contribution in [-0.4, -0.2) is 11.0 Å². The molecule has 0 unspecified atom stereocenters. The maximum atomic E-state index is 12.2. The van der Waals surface area contributed by atoms with Crippen molar-refractivity contribution in [3.63, 3.8) is 0 Å². The molecule has 25 heavy (non-hydrogen) atoms. The van der Waals surface area contributed by atoms with Crippen LogP contribution in [0.5, 0.6) is 17.2 Å². The number of carbonyl (C=O) groups excluding carboxylic acids is 1. The second-order valence-corrected chi connectivity index (χ2v) is 7.11. The number of ether oxygens (including phenoxy) is 1. The average molecular weight is 415 g/mol. The number of rotatable bonds is 4. The lowest BCUT2D eigenvalue weighted by molar-refractivity contribution is 0.103. The van der Waals surface area contributed by atoms with Crippen LogP contribution in [0.1, 0.15) is 9.67 Å². The lowest BCUT2D eigenvalue weighted by atomic mass is 10.2. The number of hydrogen-bond donors (Lipinski definition) is 2. The van der Waals surface area contributed by atoms with E-state index < -0.39 is 0 Å². The molecule has 2 aromatic carbocycles. The highest BCUT2D eigenvalue weighted by atomic mass is 35.5. The Morgan fingerprint density at radius 2 is 1.84 bits per heavy atom. The molecule has 0 fully saturated rings. The van der Waals surface area contributed by atoms with Gasteiger partial charge >= 0.3 is 0 Å². The molecule has 8 heteroatoms. The summed E-state index contributed by atoms with van der Waals surface area (Å²) in [6, 6.07) is 10.9. The van der Waals surface area contributed by atoms with E-state index in [2.05, 4.69) is 5.32 Å². The van der Waals surface area contributed by atoms with Crippen molar-refractivity contribution in [2.24, 2.45) is 0 Å². The third kappa shape index (κ3) is 4.19. The quantitative estimate of drug-likeness (QED) is 0.482. The van der Waals surface area contributed by atoms with E-state index in [9.17, 15) is 9.90 Å². The Morgan fingerprint density at radius 3 is 2.52 bits per heavy atom. The van der Waals surface area contributed by atoms with Crippen molar-refractivity contribution in [2.45, 2.75) is 0 Å². The lowest BCUT2D eigenvalue weighted by Gasteiger charge is -2.13. The molecule has 128 valence electrons. The molecule has 0 bridgehead atoms. The van der Waals surface area contributed by atoms with Crippen LogP contribution in [0.25, 0.3) is 0 Å². The monoisotopic (exact) mass is 413 g/mol. The molecule has 3 aromatic rings. The largest absolute Gasteiger partial charge is 0.504 e. The Hall–Kier alpha value is -1.92.